The molecule has 3 N–H and O–H groups in total. The van der Waals surface area contributed by atoms with Gasteiger partial charge in [-0.1, -0.05) is 254 Å². The number of nitrogens with one attached hydrogen (secondary N) is 1. The average molecular weight is 989 g/mol. The van der Waals surface area contributed by atoms with Crippen molar-refractivity contribution in [2.24, 2.45) is 0 Å². The predicted octanol–water partition coefficient (Wildman–Crippen LogP) is 17.5. The summed E-state index contributed by atoms with van der Waals surface area (Å²) in [5.74, 6) is -0.188. The number of amides is 1. The van der Waals surface area contributed by atoms with E-state index in [9.17, 15) is 19.4 Å². The van der Waals surface area contributed by atoms with Crippen LogP contribution in [0, 0.1) is 0 Å². The molecule has 3 atom stereocenters. The van der Waals surface area contributed by atoms with Crippen molar-refractivity contribution >= 4 is 13.7 Å². The number of aliphatic hydroxyl groups is 1. The van der Waals surface area contributed by atoms with E-state index >= 15 is 0 Å². The van der Waals surface area contributed by atoms with Crippen molar-refractivity contribution in [3.8, 4) is 0 Å². The van der Waals surface area contributed by atoms with Crippen LogP contribution in [0.3, 0.4) is 0 Å². The van der Waals surface area contributed by atoms with Crippen molar-refractivity contribution in [3.05, 3.63) is 72.9 Å². The zero-order chi connectivity index (χ0) is 50.6. The number of allylic oxidation sites excluding steroid dienone is 11. The summed E-state index contributed by atoms with van der Waals surface area (Å²) in [6.07, 6.45) is 70.6. The monoisotopic (exact) mass is 988 g/mol. The van der Waals surface area contributed by atoms with Gasteiger partial charge >= 0.3 is 7.82 Å². The van der Waals surface area contributed by atoms with Gasteiger partial charge in [0.15, 0.2) is 0 Å². The topological polar surface area (TPSA) is 105 Å². The smallest absolute Gasteiger partial charge is 0.387 e. The summed E-state index contributed by atoms with van der Waals surface area (Å²) >= 11 is 0. The molecular weight excluding hydrogens is 876 g/mol. The number of likely N-dealkylation sites (N-methyl/N-ethyl adjacent to an activating group) is 1. The molecule has 0 aromatic rings. The van der Waals surface area contributed by atoms with Gasteiger partial charge in [0.25, 0.3) is 0 Å². The number of aliphatic hydroxyl groups excluding tert-OH is 1. The van der Waals surface area contributed by atoms with Gasteiger partial charge in [0.2, 0.25) is 5.91 Å². The molecule has 0 aromatic heterocycles. The van der Waals surface area contributed by atoms with E-state index in [2.05, 4.69) is 79.9 Å². The Hall–Kier alpha value is -2.06. The van der Waals surface area contributed by atoms with E-state index in [1.165, 1.54) is 167 Å². The van der Waals surface area contributed by atoms with Gasteiger partial charge in [-0.05, 0) is 64.2 Å². The third-order valence-electron chi connectivity index (χ3n) is 12.7. The first-order valence-electron chi connectivity index (χ1n) is 28.8. The molecule has 0 aliphatic carbocycles. The molecule has 3 unspecified atom stereocenters. The van der Waals surface area contributed by atoms with Crippen molar-refractivity contribution in [1.82, 2.24) is 5.32 Å². The molecule has 0 rings (SSSR count). The number of nitrogens with zero attached hydrogens (tertiary/aromatic N) is 1. The van der Waals surface area contributed by atoms with Crippen LogP contribution in [0.5, 0.6) is 0 Å². The third kappa shape index (κ3) is 53.6. The molecule has 0 aliphatic heterocycles. The number of carbonyl (C=O) groups is 1. The Kier molecular flexibility index (Phi) is 49.3. The van der Waals surface area contributed by atoms with Gasteiger partial charge in [0.05, 0.1) is 39.9 Å². The van der Waals surface area contributed by atoms with Gasteiger partial charge < -0.3 is 19.8 Å². The number of phosphoric ester groups is 1. The first-order valence-corrected chi connectivity index (χ1v) is 30.3. The molecule has 0 spiro atoms. The number of unbranched alkanes of at least 4 members (excludes halogenated alkanes) is 29. The number of quaternary nitrogens is 1. The number of hydrogen-bond acceptors (Lipinski definition) is 5. The lowest BCUT2D eigenvalue weighted by Gasteiger charge is -2.25. The first kappa shape index (κ1) is 66.9. The minimum atomic E-state index is -4.34. The third-order valence-corrected chi connectivity index (χ3v) is 13.6. The largest absolute Gasteiger partial charge is 0.472 e. The van der Waals surface area contributed by atoms with Gasteiger partial charge in [0.1, 0.15) is 13.2 Å². The molecule has 0 saturated carbocycles. The molecule has 0 saturated heterocycles. The molecule has 69 heavy (non-hydrogen) atoms. The molecule has 9 heteroatoms. The van der Waals surface area contributed by atoms with Crippen LogP contribution < -0.4 is 5.32 Å². The lowest BCUT2D eigenvalue weighted by molar-refractivity contribution is -0.870. The Morgan fingerprint density at radius 2 is 0.884 bits per heavy atom. The average Bonchev–Trinajstić information content (AvgIpc) is 3.31. The van der Waals surface area contributed by atoms with Crippen molar-refractivity contribution in [2.75, 3.05) is 40.9 Å². The molecule has 0 radical (unpaired) electrons. The lowest BCUT2D eigenvalue weighted by Crippen LogP contribution is -2.45. The first-order chi connectivity index (χ1) is 33.5. The Bertz CT molecular complexity index is 1350. The minimum Gasteiger partial charge on any atom is -0.387 e. The molecule has 8 nitrogen and oxygen atoms in total. The van der Waals surface area contributed by atoms with E-state index in [1.54, 1.807) is 6.08 Å². The maximum absolute atomic E-state index is 12.9. The summed E-state index contributed by atoms with van der Waals surface area (Å²) in [4.78, 5) is 23.1. The summed E-state index contributed by atoms with van der Waals surface area (Å²) in [5.41, 5.74) is 0. The highest BCUT2D eigenvalue weighted by Crippen LogP contribution is 2.43. The minimum absolute atomic E-state index is 0.0555. The number of phosphoric acid groups is 1. The Morgan fingerprint density at radius 3 is 1.33 bits per heavy atom. The summed E-state index contributed by atoms with van der Waals surface area (Å²) < 4.78 is 23.5. The summed E-state index contributed by atoms with van der Waals surface area (Å²) in [5, 5.41) is 13.8. The van der Waals surface area contributed by atoms with Crippen LogP contribution in [0.2, 0.25) is 0 Å². The highest BCUT2D eigenvalue weighted by Gasteiger charge is 2.27. The maximum Gasteiger partial charge on any atom is 0.472 e. The molecule has 0 heterocycles. The fourth-order valence-corrected chi connectivity index (χ4v) is 8.89. The quantitative estimate of drug-likeness (QED) is 0.0243. The summed E-state index contributed by atoms with van der Waals surface area (Å²) in [6, 6.07) is -0.860. The second-order valence-corrected chi connectivity index (χ2v) is 22.1. The van der Waals surface area contributed by atoms with Gasteiger partial charge in [-0.25, -0.2) is 4.57 Å². The Labute approximate surface area is 427 Å². The van der Waals surface area contributed by atoms with E-state index in [0.29, 0.717) is 17.4 Å². The van der Waals surface area contributed by atoms with Crippen LogP contribution in [0.4, 0.5) is 0 Å². The van der Waals surface area contributed by atoms with Gasteiger partial charge in [-0.3, -0.25) is 13.8 Å². The molecular formula is C60H112N2O6P+. The van der Waals surface area contributed by atoms with Crippen molar-refractivity contribution < 1.29 is 32.9 Å². The second-order valence-electron chi connectivity index (χ2n) is 20.6. The van der Waals surface area contributed by atoms with Crippen LogP contribution >= 0.6 is 7.82 Å². The van der Waals surface area contributed by atoms with E-state index in [4.69, 9.17) is 9.05 Å². The maximum atomic E-state index is 12.9. The molecule has 1 amide bonds. The second kappa shape index (κ2) is 50.9. The SMILES string of the molecule is CC/C=C\C/C=C\C/C=C\C/C=C\CCCCCCCCCCCCCCCCCCCCCCCCCCCCC(=O)NC(COP(=O)(O)OCC[N+](C)(C)C)C(O)/C=C/CC/C=C/CCCC. The fourth-order valence-electron chi connectivity index (χ4n) is 8.15. The summed E-state index contributed by atoms with van der Waals surface area (Å²) in [7, 11) is 1.55. The van der Waals surface area contributed by atoms with Crippen LogP contribution in [0.15, 0.2) is 72.9 Å². The van der Waals surface area contributed by atoms with E-state index in [-0.39, 0.29) is 19.1 Å². The van der Waals surface area contributed by atoms with Crippen LogP contribution in [-0.4, -0.2) is 73.4 Å². The van der Waals surface area contributed by atoms with Gasteiger partial charge in [-0.2, -0.15) is 0 Å². The van der Waals surface area contributed by atoms with Crippen LogP contribution in [0.25, 0.3) is 0 Å². The normalized spacial score (nSPS) is 14.5. The molecule has 0 bridgehead atoms. The highest BCUT2D eigenvalue weighted by molar-refractivity contribution is 7.47. The number of rotatable bonds is 52. The van der Waals surface area contributed by atoms with Crippen molar-refractivity contribution in [2.45, 2.75) is 264 Å². The van der Waals surface area contributed by atoms with Crippen LogP contribution in [0.1, 0.15) is 251 Å². The zero-order valence-electron chi connectivity index (χ0n) is 45.8. The standard InChI is InChI=1S/C60H111N2O6P/c1-6-8-10-12-14-16-17-18-19-20-21-22-23-24-25-26-27-28-29-30-31-32-33-34-35-36-37-38-39-40-41-42-43-44-45-46-48-50-52-54-60(64)61-58(57-68-69(65,66)67-56-55-62(3,4)5)59(63)53-51-49-47-15-13-11-9-7-2/h8,10,13-16,18-19,21-22,51,53,58-59,63H,6-7,9,11-12,17,20,23-50,52,54-57H2,1-5H3,(H-,61,64,65,66)/p+1/b10-8-,15-13+,16-14-,19-18-,22-21-,53-51+. The number of hydrogen-bond donors (Lipinski definition) is 3. The Morgan fingerprint density at radius 1 is 0.507 bits per heavy atom. The van der Waals surface area contributed by atoms with E-state index in [0.717, 1.165) is 64.2 Å². The highest BCUT2D eigenvalue weighted by atomic mass is 31.2. The van der Waals surface area contributed by atoms with Crippen LogP contribution in [-0.2, 0) is 18.4 Å². The summed E-state index contributed by atoms with van der Waals surface area (Å²) in [6.45, 7) is 4.61. The zero-order valence-corrected chi connectivity index (χ0v) is 46.7. The van der Waals surface area contributed by atoms with Gasteiger partial charge in [-0.15, -0.1) is 0 Å². The molecule has 0 aliphatic rings. The van der Waals surface area contributed by atoms with E-state index in [1.807, 2.05) is 27.2 Å². The molecule has 402 valence electrons. The fraction of sp³-hybridized carbons (Fsp3) is 0.783. The Balaban J connectivity index is 3.79. The van der Waals surface area contributed by atoms with Crippen molar-refractivity contribution in [3.63, 3.8) is 0 Å². The number of carbonyl (C=O) groups excluding carboxylic acids is 1. The molecule has 0 aromatic carbocycles. The van der Waals surface area contributed by atoms with E-state index < -0.39 is 20.0 Å². The molecule has 0 fully saturated rings. The van der Waals surface area contributed by atoms with Crippen molar-refractivity contribution in [1.29, 1.82) is 0 Å². The lowest BCUT2D eigenvalue weighted by atomic mass is 10.0. The van der Waals surface area contributed by atoms with Gasteiger partial charge in [0, 0.05) is 6.42 Å². The predicted molar refractivity (Wildman–Crippen MR) is 300 cm³/mol.